The third-order valence-corrected chi connectivity index (χ3v) is 7.46. The Morgan fingerprint density at radius 2 is 1.87 bits per heavy atom. The van der Waals surface area contributed by atoms with Crippen LogP contribution in [-0.4, -0.2) is 38.4 Å². The monoisotopic (exact) mass is 524 g/mol. The molecule has 2 aromatic rings. The number of carbonyl (C=O) groups excluding carboxylic acids is 2. The van der Waals surface area contributed by atoms with E-state index in [1.165, 1.54) is 5.56 Å². The largest absolute Gasteiger partial charge is 0.493 e. The van der Waals surface area contributed by atoms with Crippen molar-refractivity contribution in [2.75, 3.05) is 20.8 Å². The zero-order valence-corrected chi connectivity index (χ0v) is 22.6. The molecule has 2 heterocycles. The number of fused-ring (bicyclic) bond motifs is 2. The molecule has 1 N–H and O–H groups in total. The second kappa shape index (κ2) is 10.8. The van der Waals surface area contributed by atoms with Crippen LogP contribution < -0.4 is 14.8 Å². The Kier molecular flexibility index (Phi) is 7.24. The topological polar surface area (TPSA) is 86.2 Å². The maximum Gasteiger partial charge on any atom is 0.336 e. The van der Waals surface area contributed by atoms with E-state index < -0.39 is 17.8 Å². The molecule has 39 heavy (non-hydrogen) atoms. The SMILES string of the molecule is C=CCC1C=C(/C=C2\N=C3NC(C)=C(C(=O)OCC)C(c4ccc(OC)c(OC)c4)C3C2=O)c2ccccc21. The van der Waals surface area contributed by atoms with Crippen molar-refractivity contribution in [1.82, 2.24) is 5.32 Å². The smallest absolute Gasteiger partial charge is 0.336 e. The first-order valence-corrected chi connectivity index (χ1v) is 13.0. The molecule has 0 aromatic heterocycles. The average molecular weight is 525 g/mol. The zero-order valence-electron chi connectivity index (χ0n) is 22.6. The van der Waals surface area contributed by atoms with E-state index in [0.29, 0.717) is 34.3 Å². The molecule has 0 amide bonds. The van der Waals surface area contributed by atoms with Crippen LogP contribution in [0.4, 0.5) is 0 Å². The number of benzene rings is 2. The highest BCUT2D eigenvalue weighted by Gasteiger charge is 2.48. The van der Waals surface area contributed by atoms with Gasteiger partial charge in [-0.25, -0.2) is 9.79 Å². The summed E-state index contributed by atoms with van der Waals surface area (Å²) in [5, 5.41) is 3.23. The minimum absolute atomic E-state index is 0.155. The Morgan fingerprint density at radius 3 is 2.59 bits per heavy atom. The van der Waals surface area contributed by atoms with Gasteiger partial charge in [0.25, 0.3) is 0 Å². The number of hydrogen-bond donors (Lipinski definition) is 1. The summed E-state index contributed by atoms with van der Waals surface area (Å²) in [4.78, 5) is 32.0. The second-order valence-corrected chi connectivity index (χ2v) is 9.68. The van der Waals surface area contributed by atoms with Gasteiger partial charge in [-0.05, 0) is 60.7 Å². The number of amidine groups is 1. The number of ether oxygens (including phenoxy) is 3. The highest BCUT2D eigenvalue weighted by atomic mass is 16.5. The number of rotatable bonds is 8. The number of hydrogen-bond acceptors (Lipinski definition) is 7. The fourth-order valence-electron chi connectivity index (χ4n) is 5.74. The fraction of sp³-hybridized carbons (Fsp3) is 0.281. The predicted molar refractivity (Wildman–Crippen MR) is 151 cm³/mol. The van der Waals surface area contributed by atoms with Crippen LogP contribution in [-0.2, 0) is 14.3 Å². The van der Waals surface area contributed by atoms with Gasteiger partial charge in [0.2, 0.25) is 0 Å². The van der Waals surface area contributed by atoms with Crippen LogP contribution in [0.5, 0.6) is 11.5 Å². The van der Waals surface area contributed by atoms with Gasteiger partial charge in [0.05, 0.1) is 32.3 Å². The lowest BCUT2D eigenvalue weighted by Gasteiger charge is -2.32. The molecular formula is C32H32N2O5. The zero-order chi connectivity index (χ0) is 27.7. The third-order valence-electron chi connectivity index (χ3n) is 7.46. The molecule has 3 aliphatic rings. The first-order valence-electron chi connectivity index (χ1n) is 13.0. The number of nitrogens with zero attached hydrogens (tertiary/aromatic N) is 1. The highest BCUT2D eigenvalue weighted by molar-refractivity contribution is 6.21. The Hall–Kier alpha value is -4.39. The van der Waals surface area contributed by atoms with Gasteiger partial charge < -0.3 is 19.5 Å². The van der Waals surface area contributed by atoms with Crippen molar-refractivity contribution in [1.29, 1.82) is 0 Å². The molecule has 0 bridgehead atoms. The lowest BCUT2D eigenvalue weighted by Crippen LogP contribution is -2.42. The number of aliphatic imine (C=N–C) groups is 1. The summed E-state index contributed by atoms with van der Waals surface area (Å²) in [6.07, 6.45) is 6.75. The van der Waals surface area contributed by atoms with E-state index in [2.05, 4.69) is 30.1 Å². The van der Waals surface area contributed by atoms with Gasteiger partial charge in [0.1, 0.15) is 11.5 Å². The van der Waals surface area contributed by atoms with E-state index in [1.807, 2.05) is 36.4 Å². The molecule has 2 aliphatic heterocycles. The van der Waals surface area contributed by atoms with Gasteiger partial charge in [-0.3, -0.25) is 4.79 Å². The lowest BCUT2D eigenvalue weighted by atomic mass is 9.75. The normalized spacial score (nSPS) is 22.5. The van der Waals surface area contributed by atoms with Gasteiger partial charge in [-0.2, -0.15) is 0 Å². The number of nitrogens with one attached hydrogen (secondary N) is 1. The van der Waals surface area contributed by atoms with E-state index >= 15 is 0 Å². The summed E-state index contributed by atoms with van der Waals surface area (Å²) in [7, 11) is 3.12. The number of carbonyl (C=O) groups is 2. The molecule has 0 radical (unpaired) electrons. The van der Waals surface area contributed by atoms with Gasteiger partial charge >= 0.3 is 5.97 Å². The number of allylic oxidation sites excluding steroid dienone is 6. The molecule has 3 unspecified atom stereocenters. The Balaban J connectivity index is 1.59. The molecule has 2 aromatic carbocycles. The van der Waals surface area contributed by atoms with Crippen LogP contribution in [0.15, 0.2) is 89.2 Å². The average Bonchev–Trinajstić information content (AvgIpc) is 3.44. The van der Waals surface area contributed by atoms with E-state index in [1.54, 1.807) is 34.1 Å². The first kappa shape index (κ1) is 26.2. The summed E-state index contributed by atoms with van der Waals surface area (Å²) in [6, 6.07) is 13.6. The number of ketones is 1. The maximum absolute atomic E-state index is 14.0. The predicted octanol–water partition coefficient (Wildman–Crippen LogP) is 5.47. The number of methoxy groups -OCH3 is 2. The Morgan fingerprint density at radius 1 is 1.10 bits per heavy atom. The Labute approximate surface area is 228 Å². The van der Waals surface area contributed by atoms with Crippen molar-refractivity contribution in [2.24, 2.45) is 10.9 Å². The summed E-state index contributed by atoms with van der Waals surface area (Å²) in [5.41, 5.74) is 5.36. The van der Waals surface area contributed by atoms with Crippen LogP contribution in [0.1, 0.15) is 48.8 Å². The van der Waals surface area contributed by atoms with Crippen LogP contribution in [0.3, 0.4) is 0 Å². The molecule has 7 nitrogen and oxygen atoms in total. The minimum Gasteiger partial charge on any atom is -0.493 e. The van der Waals surface area contributed by atoms with Crippen molar-refractivity contribution in [2.45, 2.75) is 32.1 Å². The van der Waals surface area contributed by atoms with Gasteiger partial charge in [-0.1, -0.05) is 42.5 Å². The van der Waals surface area contributed by atoms with E-state index in [0.717, 1.165) is 23.1 Å². The van der Waals surface area contributed by atoms with E-state index in [-0.39, 0.29) is 18.3 Å². The number of Topliss-reactive ketones (excluding diaryl/α,β-unsaturated/α-hetero) is 1. The van der Waals surface area contributed by atoms with Gasteiger partial charge in [-0.15, -0.1) is 6.58 Å². The van der Waals surface area contributed by atoms with Crippen LogP contribution in [0, 0.1) is 5.92 Å². The van der Waals surface area contributed by atoms with Crippen LogP contribution >= 0.6 is 0 Å². The van der Waals surface area contributed by atoms with Crippen LogP contribution in [0.25, 0.3) is 5.57 Å². The fourth-order valence-corrected chi connectivity index (χ4v) is 5.74. The molecule has 0 saturated carbocycles. The van der Waals surface area contributed by atoms with E-state index in [9.17, 15) is 9.59 Å². The molecule has 0 fully saturated rings. The molecular weight excluding hydrogens is 492 g/mol. The summed E-state index contributed by atoms with van der Waals surface area (Å²) >= 11 is 0. The van der Waals surface area contributed by atoms with Crippen LogP contribution in [0.2, 0.25) is 0 Å². The summed E-state index contributed by atoms with van der Waals surface area (Å²) in [5.74, 6) is -0.153. The molecule has 0 saturated heterocycles. The standard InChI is InChI=1S/C32H32N2O5/c1-6-10-19-15-21(23-12-9-8-11-22(19)23)16-24-30(35)29-28(20-13-14-25(37-4)26(17-20)38-5)27(32(36)39-7-2)18(3)33-31(29)34-24/h6,8-9,11-17,19,28-29H,1,7,10H2,2-5H3,(H,33,34)/b24-16-. The van der Waals surface area contributed by atoms with Crippen molar-refractivity contribution in [3.63, 3.8) is 0 Å². The summed E-state index contributed by atoms with van der Waals surface area (Å²) in [6.45, 7) is 7.69. The molecule has 200 valence electrons. The van der Waals surface area contributed by atoms with Gasteiger partial charge in [0.15, 0.2) is 17.3 Å². The minimum atomic E-state index is -0.710. The van der Waals surface area contributed by atoms with Crippen molar-refractivity contribution < 1.29 is 23.8 Å². The van der Waals surface area contributed by atoms with Crippen molar-refractivity contribution in [3.8, 4) is 11.5 Å². The lowest BCUT2D eigenvalue weighted by molar-refractivity contribution is -0.139. The summed E-state index contributed by atoms with van der Waals surface area (Å²) < 4.78 is 16.4. The van der Waals surface area contributed by atoms with Gasteiger partial charge in [0, 0.05) is 17.5 Å². The molecule has 0 spiro atoms. The van der Waals surface area contributed by atoms with Crippen molar-refractivity contribution >= 4 is 23.2 Å². The molecule has 1 aliphatic carbocycles. The molecule has 7 heteroatoms. The number of esters is 1. The third kappa shape index (κ3) is 4.58. The first-order chi connectivity index (χ1) is 18.9. The molecule has 3 atom stereocenters. The highest BCUT2D eigenvalue weighted by Crippen LogP contribution is 2.45. The molecule has 5 rings (SSSR count). The maximum atomic E-state index is 14.0. The van der Waals surface area contributed by atoms with E-state index in [4.69, 9.17) is 19.2 Å². The Bertz CT molecular complexity index is 1480. The quantitative estimate of drug-likeness (QED) is 0.280. The second-order valence-electron chi connectivity index (χ2n) is 9.68. The van der Waals surface area contributed by atoms with Crippen molar-refractivity contribution in [3.05, 3.63) is 101 Å².